The molecule has 0 radical (unpaired) electrons. The standard InChI is InChI=1S/C22H18BrFN4O2/c1-29-16-8-5-14(17(11-16)30-2)12-27-22-21-20(25-9-10-26-21)18(23)19(28-22)13-3-6-15(24)7-4-13/h3-11H,12H2,1-2H3,(H,27,28). The summed E-state index contributed by atoms with van der Waals surface area (Å²) in [5.74, 6) is 1.68. The third-order valence-electron chi connectivity index (χ3n) is 4.62. The monoisotopic (exact) mass is 468 g/mol. The minimum atomic E-state index is -0.305. The minimum absolute atomic E-state index is 0.305. The molecule has 0 aliphatic carbocycles. The van der Waals surface area contributed by atoms with Crippen molar-refractivity contribution in [2.24, 2.45) is 0 Å². The Bertz CT molecular complexity index is 1200. The van der Waals surface area contributed by atoms with Crippen LogP contribution in [0.1, 0.15) is 5.56 Å². The number of ether oxygens (including phenoxy) is 2. The number of fused-ring (bicyclic) bond motifs is 1. The van der Waals surface area contributed by atoms with Gasteiger partial charge in [0.1, 0.15) is 28.3 Å². The van der Waals surface area contributed by atoms with Gasteiger partial charge >= 0.3 is 0 Å². The fourth-order valence-corrected chi connectivity index (χ4v) is 3.70. The van der Waals surface area contributed by atoms with E-state index in [2.05, 4.69) is 31.2 Å². The van der Waals surface area contributed by atoms with E-state index < -0.39 is 0 Å². The van der Waals surface area contributed by atoms with Gasteiger partial charge in [-0.25, -0.2) is 14.4 Å². The molecule has 30 heavy (non-hydrogen) atoms. The van der Waals surface area contributed by atoms with Gasteiger partial charge in [-0.05, 0) is 52.3 Å². The lowest BCUT2D eigenvalue weighted by atomic mass is 10.1. The Morgan fingerprint density at radius 3 is 2.40 bits per heavy atom. The lowest BCUT2D eigenvalue weighted by Crippen LogP contribution is -2.06. The van der Waals surface area contributed by atoms with Crippen molar-refractivity contribution in [2.45, 2.75) is 6.54 Å². The first-order valence-corrected chi connectivity index (χ1v) is 9.91. The van der Waals surface area contributed by atoms with Crippen LogP contribution in [0.5, 0.6) is 11.5 Å². The molecule has 1 N–H and O–H groups in total. The van der Waals surface area contributed by atoms with Crippen molar-refractivity contribution in [1.29, 1.82) is 0 Å². The molecule has 0 amide bonds. The van der Waals surface area contributed by atoms with Crippen molar-refractivity contribution in [1.82, 2.24) is 15.0 Å². The van der Waals surface area contributed by atoms with Crippen LogP contribution in [-0.4, -0.2) is 29.2 Å². The van der Waals surface area contributed by atoms with Crippen molar-refractivity contribution in [2.75, 3.05) is 19.5 Å². The Labute approximate surface area is 181 Å². The molecule has 8 heteroatoms. The highest BCUT2D eigenvalue weighted by molar-refractivity contribution is 9.10. The van der Waals surface area contributed by atoms with E-state index >= 15 is 0 Å². The van der Waals surface area contributed by atoms with Crippen LogP contribution in [0.15, 0.2) is 59.3 Å². The summed E-state index contributed by atoms with van der Waals surface area (Å²) in [5.41, 5.74) is 3.63. The molecule has 4 rings (SSSR count). The van der Waals surface area contributed by atoms with Gasteiger partial charge in [0.2, 0.25) is 0 Å². The van der Waals surface area contributed by atoms with E-state index in [0.29, 0.717) is 45.1 Å². The van der Waals surface area contributed by atoms with E-state index in [4.69, 9.17) is 14.5 Å². The van der Waals surface area contributed by atoms with E-state index in [1.165, 1.54) is 12.1 Å². The maximum atomic E-state index is 13.4. The predicted molar refractivity (Wildman–Crippen MR) is 117 cm³/mol. The number of anilines is 1. The number of benzene rings is 2. The molecule has 6 nitrogen and oxygen atoms in total. The molecule has 0 unspecified atom stereocenters. The third kappa shape index (κ3) is 3.91. The molecule has 0 aliphatic heterocycles. The topological polar surface area (TPSA) is 69.2 Å². The Morgan fingerprint density at radius 2 is 1.70 bits per heavy atom. The van der Waals surface area contributed by atoms with Gasteiger partial charge in [-0.3, -0.25) is 4.98 Å². The molecule has 0 saturated heterocycles. The first-order valence-electron chi connectivity index (χ1n) is 9.11. The van der Waals surface area contributed by atoms with Crippen molar-refractivity contribution in [3.8, 4) is 22.8 Å². The molecule has 0 bridgehead atoms. The summed E-state index contributed by atoms with van der Waals surface area (Å²) in [6, 6.07) is 11.8. The smallest absolute Gasteiger partial charge is 0.155 e. The van der Waals surface area contributed by atoms with Crippen molar-refractivity contribution < 1.29 is 13.9 Å². The second-order valence-corrected chi connectivity index (χ2v) is 7.21. The van der Waals surface area contributed by atoms with Crippen molar-refractivity contribution in [3.05, 3.63) is 70.7 Å². The Hall–Kier alpha value is -3.26. The summed E-state index contributed by atoms with van der Waals surface area (Å²) >= 11 is 3.59. The van der Waals surface area contributed by atoms with Gasteiger partial charge in [-0.2, -0.15) is 0 Å². The van der Waals surface area contributed by atoms with Gasteiger partial charge in [-0.15, -0.1) is 0 Å². The van der Waals surface area contributed by atoms with Gasteiger partial charge in [0.25, 0.3) is 0 Å². The van der Waals surface area contributed by atoms with Gasteiger partial charge in [0.05, 0.1) is 24.4 Å². The molecule has 0 aliphatic rings. The average molecular weight is 469 g/mol. The van der Waals surface area contributed by atoms with Gasteiger partial charge in [-0.1, -0.05) is 0 Å². The summed E-state index contributed by atoms with van der Waals surface area (Å²) in [4.78, 5) is 13.7. The summed E-state index contributed by atoms with van der Waals surface area (Å²) in [6.45, 7) is 0.455. The van der Waals surface area contributed by atoms with Crippen LogP contribution in [-0.2, 0) is 6.54 Å². The molecular weight excluding hydrogens is 451 g/mol. The van der Waals surface area contributed by atoms with Gasteiger partial charge in [0.15, 0.2) is 5.82 Å². The fourth-order valence-electron chi connectivity index (χ4n) is 3.10. The lowest BCUT2D eigenvalue weighted by Gasteiger charge is -2.14. The number of nitrogens with one attached hydrogen (secondary N) is 1. The number of hydrogen-bond acceptors (Lipinski definition) is 6. The second-order valence-electron chi connectivity index (χ2n) is 6.41. The molecular formula is C22H18BrFN4O2. The van der Waals surface area contributed by atoms with Crippen LogP contribution in [0, 0.1) is 5.82 Å². The Kier molecular flexibility index (Phi) is 5.76. The van der Waals surface area contributed by atoms with Crippen LogP contribution >= 0.6 is 15.9 Å². The molecule has 152 valence electrons. The zero-order chi connectivity index (χ0) is 21.1. The third-order valence-corrected chi connectivity index (χ3v) is 5.37. The zero-order valence-corrected chi connectivity index (χ0v) is 17.9. The van der Waals surface area contributed by atoms with Crippen LogP contribution in [0.25, 0.3) is 22.3 Å². The van der Waals surface area contributed by atoms with Crippen LogP contribution < -0.4 is 14.8 Å². The van der Waals surface area contributed by atoms with E-state index in [1.54, 1.807) is 38.7 Å². The molecule has 2 heterocycles. The van der Waals surface area contributed by atoms with Gasteiger partial charge in [0, 0.05) is 36.1 Å². The summed E-state index contributed by atoms with van der Waals surface area (Å²) in [7, 11) is 3.23. The number of hydrogen-bond donors (Lipinski definition) is 1. The zero-order valence-electron chi connectivity index (χ0n) is 16.3. The van der Waals surface area contributed by atoms with Crippen molar-refractivity contribution in [3.63, 3.8) is 0 Å². The number of aromatic nitrogens is 3. The highest BCUT2D eigenvalue weighted by Gasteiger charge is 2.16. The van der Waals surface area contributed by atoms with Crippen LogP contribution in [0.2, 0.25) is 0 Å². The Balaban J connectivity index is 1.75. The highest BCUT2D eigenvalue weighted by Crippen LogP contribution is 2.35. The molecule has 4 aromatic rings. The predicted octanol–water partition coefficient (Wildman–Crippen LogP) is 5.22. The van der Waals surface area contributed by atoms with E-state index in [0.717, 1.165) is 11.1 Å². The quantitative estimate of drug-likeness (QED) is 0.418. The minimum Gasteiger partial charge on any atom is -0.497 e. The molecule has 2 aromatic heterocycles. The largest absolute Gasteiger partial charge is 0.497 e. The SMILES string of the molecule is COc1ccc(CNc2nc(-c3ccc(F)cc3)c(Br)c3nccnc23)c(OC)c1. The first-order chi connectivity index (χ1) is 14.6. The number of halogens is 2. The summed E-state index contributed by atoms with van der Waals surface area (Å²) in [6.07, 6.45) is 3.24. The lowest BCUT2D eigenvalue weighted by molar-refractivity contribution is 0.391. The van der Waals surface area contributed by atoms with Crippen LogP contribution in [0.3, 0.4) is 0 Å². The normalized spacial score (nSPS) is 10.8. The van der Waals surface area contributed by atoms with E-state index in [-0.39, 0.29) is 5.82 Å². The maximum Gasteiger partial charge on any atom is 0.155 e. The Morgan fingerprint density at radius 1 is 0.967 bits per heavy atom. The number of nitrogens with zero attached hydrogens (tertiary/aromatic N) is 3. The average Bonchev–Trinajstić information content (AvgIpc) is 2.79. The molecule has 0 saturated carbocycles. The molecule has 2 aromatic carbocycles. The van der Waals surface area contributed by atoms with Crippen molar-refractivity contribution >= 4 is 32.8 Å². The van der Waals surface area contributed by atoms with E-state index in [9.17, 15) is 4.39 Å². The summed E-state index contributed by atoms with van der Waals surface area (Å²) < 4.78 is 24.8. The fraction of sp³-hybridized carbons (Fsp3) is 0.136. The van der Waals surface area contributed by atoms with E-state index in [1.807, 2.05) is 18.2 Å². The molecule has 0 atom stereocenters. The second kappa shape index (κ2) is 8.62. The van der Waals surface area contributed by atoms with Crippen LogP contribution in [0.4, 0.5) is 10.2 Å². The molecule has 0 fully saturated rings. The maximum absolute atomic E-state index is 13.4. The number of methoxy groups -OCH3 is 2. The molecule has 0 spiro atoms. The number of pyridine rings is 1. The van der Waals surface area contributed by atoms with Gasteiger partial charge < -0.3 is 14.8 Å². The summed E-state index contributed by atoms with van der Waals surface area (Å²) in [5, 5.41) is 3.34. The first kappa shape index (κ1) is 20.0. The highest BCUT2D eigenvalue weighted by atomic mass is 79.9. The number of rotatable bonds is 6.